The van der Waals surface area contributed by atoms with E-state index in [4.69, 9.17) is 0 Å². The van der Waals surface area contributed by atoms with Gasteiger partial charge in [0.25, 0.3) is 0 Å². The monoisotopic (exact) mass is 147 g/mol. The van der Waals surface area contributed by atoms with Crippen molar-refractivity contribution in [2.75, 3.05) is 5.32 Å². The van der Waals surface area contributed by atoms with E-state index in [-0.39, 0.29) is 5.91 Å². The highest BCUT2D eigenvalue weighted by Crippen LogP contribution is 2.17. The Morgan fingerprint density at radius 2 is 2.45 bits per heavy atom. The Hall–Kier alpha value is -1.38. The Kier molecular flexibility index (Phi) is 1.35. The topological polar surface area (TPSA) is 42.0 Å². The van der Waals surface area contributed by atoms with E-state index < -0.39 is 0 Å². The molecule has 1 N–H and O–H groups in total. The van der Waals surface area contributed by atoms with Crippen molar-refractivity contribution in [3.05, 3.63) is 23.9 Å². The third kappa shape index (κ3) is 1.09. The number of amides is 1. The molecule has 1 aromatic heterocycles. The molecule has 2 heterocycles. The summed E-state index contributed by atoms with van der Waals surface area (Å²) in [6, 6.07) is 4.74. The number of carbonyl (C=O) groups is 1. The van der Waals surface area contributed by atoms with Crippen LogP contribution in [0, 0.1) is 6.07 Å². The second-order valence-electron chi connectivity index (χ2n) is 2.49. The standard InChI is InChI=1S/C8H7N2O/c11-7-4-3-6-2-1-5-9-8(6)10-7/h2,5H,3-4H2,(H,9,10,11). The summed E-state index contributed by atoms with van der Waals surface area (Å²) >= 11 is 0. The van der Waals surface area contributed by atoms with Crippen LogP contribution in [0.25, 0.3) is 0 Å². The molecule has 2 rings (SSSR count). The van der Waals surface area contributed by atoms with E-state index in [0.29, 0.717) is 12.2 Å². The second kappa shape index (κ2) is 2.34. The van der Waals surface area contributed by atoms with Gasteiger partial charge in [-0.05, 0) is 18.1 Å². The third-order valence-electron chi connectivity index (χ3n) is 1.71. The minimum Gasteiger partial charge on any atom is -0.310 e. The maximum absolute atomic E-state index is 10.9. The highest BCUT2D eigenvalue weighted by atomic mass is 16.1. The van der Waals surface area contributed by atoms with E-state index in [1.54, 1.807) is 6.20 Å². The summed E-state index contributed by atoms with van der Waals surface area (Å²) in [4.78, 5) is 14.8. The first-order valence-electron chi connectivity index (χ1n) is 3.51. The van der Waals surface area contributed by atoms with Gasteiger partial charge in [0.1, 0.15) is 5.82 Å². The minimum atomic E-state index is 0.0520. The predicted octanol–water partition coefficient (Wildman–Crippen LogP) is 0.766. The van der Waals surface area contributed by atoms with Gasteiger partial charge in [0, 0.05) is 18.7 Å². The Balaban J connectivity index is 2.41. The second-order valence-corrected chi connectivity index (χ2v) is 2.49. The Morgan fingerprint density at radius 1 is 1.55 bits per heavy atom. The number of hydrogen-bond donors (Lipinski definition) is 1. The molecule has 1 radical (unpaired) electrons. The molecule has 1 aliphatic rings. The van der Waals surface area contributed by atoms with Crippen LogP contribution in [-0.2, 0) is 11.2 Å². The third-order valence-corrected chi connectivity index (χ3v) is 1.71. The number of nitrogens with one attached hydrogen (secondary N) is 1. The zero-order chi connectivity index (χ0) is 7.68. The first-order chi connectivity index (χ1) is 5.36. The molecule has 0 aromatic carbocycles. The fraction of sp³-hybridized carbons (Fsp3) is 0.250. The molecule has 3 nitrogen and oxygen atoms in total. The molecule has 0 unspecified atom stereocenters. The number of pyridine rings is 1. The first kappa shape index (κ1) is 6.34. The highest BCUT2D eigenvalue weighted by molar-refractivity contribution is 5.92. The van der Waals surface area contributed by atoms with Crippen LogP contribution in [0.15, 0.2) is 12.3 Å². The van der Waals surface area contributed by atoms with Crippen LogP contribution in [0.5, 0.6) is 0 Å². The van der Waals surface area contributed by atoms with Crippen molar-refractivity contribution in [3.8, 4) is 0 Å². The van der Waals surface area contributed by atoms with Crippen molar-refractivity contribution in [2.24, 2.45) is 0 Å². The number of carbonyl (C=O) groups excluding carboxylic acids is 1. The molecular weight excluding hydrogens is 140 g/mol. The summed E-state index contributed by atoms with van der Waals surface area (Å²) in [6.45, 7) is 0. The molecule has 0 fully saturated rings. The lowest BCUT2D eigenvalue weighted by molar-refractivity contribution is -0.116. The van der Waals surface area contributed by atoms with Crippen molar-refractivity contribution in [1.82, 2.24) is 4.98 Å². The number of nitrogens with zero attached hydrogens (tertiary/aromatic N) is 1. The van der Waals surface area contributed by atoms with Gasteiger partial charge in [-0.3, -0.25) is 4.79 Å². The van der Waals surface area contributed by atoms with Crippen molar-refractivity contribution in [1.29, 1.82) is 0 Å². The average molecular weight is 147 g/mol. The molecule has 3 heteroatoms. The van der Waals surface area contributed by atoms with E-state index in [1.807, 2.05) is 6.07 Å². The Bertz CT molecular complexity index is 296. The smallest absolute Gasteiger partial charge is 0.225 e. The maximum atomic E-state index is 10.9. The highest BCUT2D eigenvalue weighted by Gasteiger charge is 2.13. The van der Waals surface area contributed by atoms with E-state index in [0.717, 1.165) is 12.0 Å². The molecule has 1 aromatic rings. The van der Waals surface area contributed by atoms with Gasteiger partial charge in [-0.15, -0.1) is 0 Å². The van der Waals surface area contributed by atoms with E-state index >= 15 is 0 Å². The Labute approximate surface area is 64.5 Å². The van der Waals surface area contributed by atoms with Gasteiger partial charge in [-0.1, -0.05) is 0 Å². The summed E-state index contributed by atoms with van der Waals surface area (Å²) in [5, 5.41) is 2.69. The van der Waals surface area contributed by atoms with Gasteiger partial charge in [0.15, 0.2) is 0 Å². The van der Waals surface area contributed by atoms with Crippen LogP contribution in [0.2, 0.25) is 0 Å². The summed E-state index contributed by atoms with van der Waals surface area (Å²) in [6.07, 6.45) is 2.91. The number of aryl methyl sites for hydroxylation is 1. The quantitative estimate of drug-likeness (QED) is 0.588. The summed E-state index contributed by atoms with van der Waals surface area (Å²) in [7, 11) is 0. The van der Waals surface area contributed by atoms with Crippen molar-refractivity contribution >= 4 is 11.7 Å². The normalized spacial score (nSPS) is 15.5. The van der Waals surface area contributed by atoms with Crippen LogP contribution in [0.1, 0.15) is 12.0 Å². The average Bonchev–Trinajstić information content (AvgIpc) is 2.04. The molecule has 11 heavy (non-hydrogen) atoms. The van der Waals surface area contributed by atoms with Gasteiger partial charge < -0.3 is 5.32 Å². The molecule has 0 spiro atoms. The molecule has 0 bridgehead atoms. The van der Waals surface area contributed by atoms with E-state index in [1.165, 1.54) is 0 Å². The Morgan fingerprint density at radius 3 is 3.36 bits per heavy atom. The lowest BCUT2D eigenvalue weighted by Gasteiger charge is -2.13. The molecule has 0 saturated carbocycles. The maximum Gasteiger partial charge on any atom is 0.225 e. The largest absolute Gasteiger partial charge is 0.310 e. The van der Waals surface area contributed by atoms with Crippen LogP contribution in [0.4, 0.5) is 5.82 Å². The summed E-state index contributed by atoms with van der Waals surface area (Å²) < 4.78 is 0. The molecule has 1 amide bonds. The minimum absolute atomic E-state index is 0.0520. The van der Waals surface area contributed by atoms with Crippen molar-refractivity contribution < 1.29 is 4.79 Å². The zero-order valence-electron chi connectivity index (χ0n) is 5.92. The van der Waals surface area contributed by atoms with Crippen molar-refractivity contribution in [3.63, 3.8) is 0 Å². The molecule has 0 atom stereocenters. The first-order valence-corrected chi connectivity index (χ1v) is 3.51. The predicted molar refractivity (Wildman–Crippen MR) is 40.0 cm³/mol. The van der Waals surface area contributed by atoms with Crippen LogP contribution in [-0.4, -0.2) is 10.9 Å². The molecule has 1 aliphatic heterocycles. The number of anilines is 1. The number of rotatable bonds is 0. The number of hydrogen-bond acceptors (Lipinski definition) is 2. The van der Waals surface area contributed by atoms with Crippen molar-refractivity contribution in [2.45, 2.75) is 12.8 Å². The zero-order valence-corrected chi connectivity index (χ0v) is 5.92. The summed E-state index contributed by atoms with van der Waals surface area (Å²) in [5.74, 6) is 0.746. The SMILES string of the molecule is O=C1CCc2c[c]cnc2N1. The van der Waals surface area contributed by atoms with E-state index in [9.17, 15) is 4.79 Å². The van der Waals surface area contributed by atoms with Gasteiger partial charge >= 0.3 is 0 Å². The van der Waals surface area contributed by atoms with E-state index in [2.05, 4.69) is 16.4 Å². The fourth-order valence-electron chi connectivity index (χ4n) is 1.14. The van der Waals surface area contributed by atoms with Gasteiger partial charge in [-0.25, -0.2) is 4.98 Å². The lowest BCUT2D eigenvalue weighted by atomic mass is 10.1. The molecule has 0 aliphatic carbocycles. The molecule has 55 valence electrons. The van der Waals surface area contributed by atoms with Gasteiger partial charge in [-0.2, -0.15) is 0 Å². The number of aromatic nitrogens is 1. The lowest BCUT2D eigenvalue weighted by Crippen LogP contribution is -2.19. The van der Waals surface area contributed by atoms with Crippen LogP contribution in [0.3, 0.4) is 0 Å². The van der Waals surface area contributed by atoms with Gasteiger partial charge in [0.2, 0.25) is 5.91 Å². The summed E-state index contributed by atoms with van der Waals surface area (Å²) in [5.41, 5.74) is 1.08. The van der Waals surface area contributed by atoms with Crippen LogP contribution < -0.4 is 5.32 Å². The number of fused-ring (bicyclic) bond motifs is 1. The van der Waals surface area contributed by atoms with Gasteiger partial charge in [0.05, 0.1) is 0 Å². The molecular formula is C8H7N2O. The van der Waals surface area contributed by atoms with Crippen LogP contribution >= 0.6 is 0 Å². The molecule has 0 saturated heterocycles. The fourth-order valence-corrected chi connectivity index (χ4v) is 1.14.